The number of nitrogens with one attached hydrogen (secondary N) is 4. The molecule has 0 radical (unpaired) electrons. The number of benzene rings is 2. The Bertz CT molecular complexity index is 1340. The minimum atomic E-state index is -1.16. The normalized spacial score (nSPS) is 14.2. The fourth-order valence-electron chi connectivity index (χ4n) is 4.36. The number of carbonyl (C=O) groups is 4. The number of aromatic hydroxyl groups is 1. The van der Waals surface area contributed by atoms with Crippen LogP contribution in [0.25, 0.3) is 10.9 Å². The zero-order chi connectivity index (χ0) is 29.4. The lowest BCUT2D eigenvalue weighted by atomic mass is 10.0. The molecule has 11 nitrogen and oxygen atoms in total. The second kappa shape index (κ2) is 13.6. The predicted molar refractivity (Wildman–Crippen MR) is 150 cm³/mol. The number of rotatable bonds is 13. The zero-order valence-electron chi connectivity index (χ0n) is 22.8. The molecule has 4 atom stereocenters. The molecule has 0 fully saturated rings. The molecule has 3 amide bonds. The topological polar surface area (TPSA) is 187 Å². The maximum Gasteiger partial charge on any atom is 0.326 e. The van der Waals surface area contributed by atoms with E-state index in [-0.39, 0.29) is 30.9 Å². The number of amides is 3. The minimum absolute atomic E-state index is 0.0350. The highest BCUT2D eigenvalue weighted by molar-refractivity contribution is 5.94. The molecule has 3 rings (SSSR count). The summed E-state index contributed by atoms with van der Waals surface area (Å²) in [5.41, 5.74) is 8.52. The molecule has 214 valence electrons. The molecule has 0 saturated heterocycles. The smallest absolute Gasteiger partial charge is 0.326 e. The SMILES string of the molecule is CC(C)CC(NC(=O)C(C)NC(=O)C(Cc1c[nH]c2ccccc12)NC(=O)C(N)Cc1ccc(O)cc1)C(=O)O. The van der Waals surface area contributed by atoms with Crippen molar-refractivity contribution in [2.24, 2.45) is 11.7 Å². The van der Waals surface area contributed by atoms with Crippen LogP contribution in [0.5, 0.6) is 5.75 Å². The number of nitrogens with two attached hydrogens (primary N) is 1. The number of aliphatic carboxylic acids is 1. The standard InChI is InChI=1S/C29H37N5O6/c1-16(2)12-25(29(39)40)34-26(36)17(3)32-28(38)24(14-19-15-31-23-7-5-4-6-21(19)23)33-27(37)22(30)13-18-8-10-20(35)11-9-18/h4-11,15-17,22,24-25,31,35H,12-14,30H2,1-3H3,(H,32,38)(H,33,37)(H,34,36)(H,39,40). The van der Waals surface area contributed by atoms with Crippen molar-refractivity contribution < 1.29 is 29.4 Å². The molecular formula is C29H37N5O6. The van der Waals surface area contributed by atoms with Gasteiger partial charge in [0.25, 0.3) is 0 Å². The van der Waals surface area contributed by atoms with Gasteiger partial charge in [-0.25, -0.2) is 4.79 Å². The Morgan fingerprint density at radius 2 is 1.50 bits per heavy atom. The number of carboxylic acids is 1. The number of para-hydroxylation sites is 1. The van der Waals surface area contributed by atoms with Crippen molar-refractivity contribution >= 4 is 34.6 Å². The van der Waals surface area contributed by atoms with Crippen LogP contribution in [-0.2, 0) is 32.0 Å². The summed E-state index contributed by atoms with van der Waals surface area (Å²) in [4.78, 5) is 53.9. The molecule has 0 spiro atoms. The van der Waals surface area contributed by atoms with E-state index in [1.54, 1.807) is 18.3 Å². The second-order valence-corrected chi connectivity index (χ2v) is 10.4. The van der Waals surface area contributed by atoms with Crippen molar-refractivity contribution in [3.8, 4) is 5.75 Å². The van der Waals surface area contributed by atoms with Gasteiger partial charge in [-0.05, 0) is 55.0 Å². The fraction of sp³-hybridized carbons (Fsp3) is 0.379. The van der Waals surface area contributed by atoms with Crippen LogP contribution in [0, 0.1) is 5.92 Å². The number of hydrogen-bond acceptors (Lipinski definition) is 6. The summed E-state index contributed by atoms with van der Waals surface area (Å²) in [6.07, 6.45) is 2.29. The average Bonchev–Trinajstić information content (AvgIpc) is 3.31. The number of carbonyl (C=O) groups excluding carboxylic acids is 3. The fourth-order valence-corrected chi connectivity index (χ4v) is 4.36. The predicted octanol–water partition coefficient (Wildman–Crippen LogP) is 1.59. The highest BCUT2D eigenvalue weighted by Crippen LogP contribution is 2.19. The maximum absolute atomic E-state index is 13.4. The van der Waals surface area contributed by atoms with Crippen LogP contribution in [0.3, 0.4) is 0 Å². The van der Waals surface area contributed by atoms with Crippen LogP contribution >= 0.6 is 0 Å². The van der Waals surface area contributed by atoms with E-state index in [2.05, 4.69) is 20.9 Å². The van der Waals surface area contributed by atoms with Crippen LogP contribution in [0.1, 0.15) is 38.3 Å². The highest BCUT2D eigenvalue weighted by atomic mass is 16.4. The van der Waals surface area contributed by atoms with Gasteiger partial charge in [-0.15, -0.1) is 0 Å². The van der Waals surface area contributed by atoms with Crippen molar-refractivity contribution in [1.29, 1.82) is 0 Å². The van der Waals surface area contributed by atoms with Gasteiger partial charge in [0.1, 0.15) is 23.9 Å². The van der Waals surface area contributed by atoms with Gasteiger partial charge in [-0.2, -0.15) is 0 Å². The minimum Gasteiger partial charge on any atom is -0.508 e. The largest absolute Gasteiger partial charge is 0.508 e. The Kier molecular flexibility index (Phi) is 10.3. The van der Waals surface area contributed by atoms with Gasteiger partial charge in [0.05, 0.1) is 6.04 Å². The van der Waals surface area contributed by atoms with E-state index in [0.29, 0.717) is 0 Å². The molecule has 4 unspecified atom stereocenters. The molecule has 3 aromatic rings. The van der Waals surface area contributed by atoms with E-state index in [0.717, 1.165) is 22.0 Å². The number of phenolic OH excluding ortho intramolecular Hbond substituents is 1. The first-order chi connectivity index (χ1) is 18.9. The second-order valence-electron chi connectivity index (χ2n) is 10.4. The Morgan fingerprint density at radius 1 is 0.850 bits per heavy atom. The van der Waals surface area contributed by atoms with E-state index in [1.807, 2.05) is 38.1 Å². The molecule has 11 heteroatoms. The Labute approximate surface area is 232 Å². The molecule has 0 aliphatic carbocycles. The summed E-state index contributed by atoms with van der Waals surface area (Å²) in [7, 11) is 0. The lowest BCUT2D eigenvalue weighted by molar-refractivity contribution is -0.142. The van der Waals surface area contributed by atoms with Crippen molar-refractivity contribution in [3.05, 3.63) is 65.9 Å². The third kappa shape index (κ3) is 8.31. The number of phenols is 1. The Hall–Kier alpha value is -4.38. The highest BCUT2D eigenvalue weighted by Gasteiger charge is 2.29. The lowest BCUT2D eigenvalue weighted by Gasteiger charge is -2.24. The molecule has 40 heavy (non-hydrogen) atoms. The summed E-state index contributed by atoms with van der Waals surface area (Å²) < 4.78 is 0. The molecule has 0 saturated carbocycles. The molecule has 0 aliphatic rings. The summed E-state index contributed by atoms with van der Waals surface area (Å²) in [6, 6.07) is 9.63. The van der Waals surface area contributed by atoms with Gasteiger partial charge in [0, 0.05) is 23.5 Å². The van der Waals surface area contributed by atoms with Crippen LogP contribution in [0.4, 0.5) is 0 Å². The number of fused-ring (bicyclic) bond motifs is 1. The lowest BCUT2D eigenvalue weighted by Crippen LogP contribution is -2.57. The summed E-state index contributed by atoms with van der Waals surface area (Å²) in [6.45, 7) is 5.14. The molecule has 2 aromatic carbocycles. The van der Waals surface area contributed by atoms with Crippen LogP contribution in [0.15, 0.2) is 54.7 Å². The number of carboxylic acid groups (broad SMARTS) is 1. The number of aromatic nitrogens is 1. The van der Waals surface area contributed by atoms with E-state index in [9.17, 15) is 29.4 Å². The number of aromatic amines is 1. The molecule has 1 heterocycles. The van der Waals surface area contributed by atoms with E-state index in [4.69, 9.17) is 5.73 Å². The first kappa shape index (κ1) is 30.2. The molecular weight excluding hydrogens is 514 g/mol. The van der Waals surface area contributed by atoms with Crippen molar-refractivity contribution in [1.82, 2.24) is 20.9 Å². The van der Waals surface area contributed by atoms with Gasteiger partial charge < -0.3 is 36.9 Å². The monoisotopic (exact) mass is 551 g/mol. The first-order valence-corrected chi connectivity index (χ1v) is 13.2. The number of H-pyrrole nitrogens is 1. The van der Waals surface area contributed by atoms with E-state index >= 15 is 0 Å². The third-order valence-corrected chi connectivity index (χ3v) is 6.53. The van der Waals surface area contributed by atoms with Gasteiger partial charge in [-0.3, -0.25) is 14.4 Å². The third-order valence-electron chi connectivity index (χ3n) is 6.53. The molecule has 8 N–H and O–H groups in total. The maximum atomic E-state index is 13.4. The van der Waals surface area contributed by atoms with Gasteiger partial charge in [0.2, 0.25) is 17.7 Å². The Morgan fingerprint density at radius 3 is 2.15 bits per heavy atom. The number of hydrogen-bond donors (Lipinski definition) is 7. The van der Waals surface area contributed by atoms with Crippen LogP contribution < -0.4 is 21.7 Å². The molecule has 0 bridgehead atoms. The van der Waals surface area contributed by atoms with Gasteiger partial charge >= 0.3 is 5.97 Å². The van der Waals surface area contributed by atoms with Gasteiger partial charge in [-0.1, -0.05) is 44.2 Å². The van der Waals surface area contributed by atoms with Crippen molar-refractivity contribution in [2.45, 2.75) is 64.2 Å². The average molecular weight is 552 g/mol. The van der Waals surface area contributed by atoms with Crippen molar-refractivity contribution in [3.63, 3.8) is 0 Å². The van der Waals surface area contributed by atoms with Crippen LogP contribution in [0.2, 0.25) is 0 Å². The summed E-state index contributed by atoms with van der Waals surface area (Å²) in [5, 5.41) is 27.6. The summed E-state index contributed by atoms with van der Waals surface area (Å²) in [5.74, 6) is -2.86. The van der Waals surface area contributed by atoms with E-state index in [1.165, 1.54) is 19.1 Å². The first-order valence-electron chi connectivity index (χ1n) is 13.2. The Balaban J connectivity index is 1.74. The zero-order valence-corrected chi connectivity index (χ0v) is 22.8. The summed E-state index contributed by atoms with van der Waals surface area (Å²) >= 11 is 0. The molecule has 1 aromatic heterocycles. The van der Waals surface area contributed by atoms with Crippen molar-refractivity contribution in [2.75, 3.05) is 0 Å². The van der Waals surface area contributed by atoms with E-state index < -0.39 is 47.9 Å². The van der Waals surface area contributed by atoms with Gasteiger partial charge in [0.15, 0.2) is 0 Å². The van der Waals surface area contributed by atoms with Crippen LogP contribution in [-0.4, -0.2) is 63.1 Å². The molecule has 0 aliphatic heterocycles. The quantitative estimate of drug-likeness (QED) is 0.168.